The molecule has 12 heteroatoms. The van der Waals surface area contributed by atoms with Gasteiger partial charge in [-0.25, -0.2) is 18.4 Å². The molecule has 2 N–H and O–H groups in total. The molecule has 0 unspecified atom stereocenters. The van der Waals surface area contributed by atoms with Crippen molar-refractivity contribution in [3.05, 3.63) is 70.7 Å². The first-order valence-electron chi connectivity index (χ1n) is 9.14. The molecular weight excluding hydrogens is 491 g/mol. The highest BCUT2D eigenvalue weighted by atomic mass is 35.5. The van der Waals surface area contributed by atoms with Crippen LogP contribution in [0.3, 0.4) is 0 Å². The van der Waals surface area contributed by atoms with Gasteiger partial charge in [-0.2, -0.15) is 8.75 Å². The standard InChI is InChI=1S/C20H12Cl2N6O2S2/c21-12-9-8-11(10-13(12)22)23-19-20(25-15-5-2-1-4-14(15)24-19)28-32(29,30)17-7-3-6-16-18(17)27-31-26-16/h1-10H,(H,23,24)(H,25,28). The summed E-state index contributed by atoms with van der Waals surface area (Å²) in [4.78, 5) is 9.03. The summed E-state index contributed by atoms with van der Waals surface area (Å²) in [5, 5.41) is 3.81. The van der Waals surface area contributed by atoms with Crippen LogP contribution in [0.25, 0.3) is 22.1 Å². The van der Waals surface area contributed by atoms with Crippen molar-refractivity contribution < 1.29 is 8.42 Å². The lowest BCUT2D eigenvalue weighted by Gasteiger charge is -2.14. The van der Waals surface area contributed by atoms with Crippen LogP contribution in [0.4, 0.5) is 17.3 Å². The number of nitrogens with zero attached hydrogens (tertiary/aromatic N) is 4. The van der Waals surface area contributed by atoms with Crippen molar-refractivity contribution in [2.45, 2.75) is 4.90 Å². The third-order valence-corrected chi connectivity index (χ3v) is 7.17. The number of para-hydroxylation sites is 2. The molecule has 0 atom stereocenters. The highest BCUT2D eigenvalue weighted by Crippen LogP contribution is 2.31. The van der Waals surface area contributed by atoms with Crippen LogP contribution in [-0.4, -0.2) is 27.1 Å². The first-order valence-corrected chi connectivity index (χ1v) is 12.1. The van der Waals surface area contributed by atoms with Gasteiger partial charge in [0.1, 0.15) is 15.9 Å². The molecule has 0 aliphatic carbocycles. The van der Waals surface area contributed by atoms with E-state index in [1.807, 2.05) is 6.07 Å². The van der Waals surface area contributed by atoms with E-state index in [9.17, 15) is 8.42 Å². The van der Waals surface area contributed by atoms with E-state index >= 15 is 0 Å². The minimum absolute atomic E-state index is 0.000744. The maximum atomic E-state index is 13.2. The Morgan fingerprint density at radius 2 is 1.50 bits per heavy atom. The number of rotatable bonds is 5. The molecule has 0 aliphatic heterocycles. The summed E-state index contributed by atoms with van der Waals surface area (Å²) in [6.07, 6.45) is 0. The smallest absolute Gasteiger partial charge is 0.265 e. The molecule has 0 saturated carbocycles. The average Bonchev–Trinajstić information content (AvgIpc) is 3.25. The zero-order chi connectivity index (χ0) is 22.3. The van der Waals surface area contributed by atoms with Crippen LogP contribution < -0.4 is 10.0 Å². The van der Waals surface area contributed by atoms with Gasteiger partial charge in [0, 0.05) is 5.69 Å². The van der Waals surface area contributed by atoms with E-state index in [0.29, 0.717) is 32.3 Å². The predicted octanol–water partition coefficient (Wildman–Crippen LogP) is 5.49. The monoisotopic (exact) mass is 502 g/mol. The molecule has 0 amide bonds. The van der Waals surface area contributed by atoms with Crippen molar-refractivity contribution >= 4 is 84.3 Å². The molecule has 5 aromatic rings. The van der Waals surface area contributed by atoms with Gasteiger partial charge < -0.3 is 5.32 Å². The minimum atomic E-state index is -4.04. The first-order chi connectivity index (χ1) is 15.4. The Kier molecular flexibility index (Phi) is 5.30. The van der Waals surface area contributed by atoms with Gasteiger partial charge in [-0.3, -0.25) is 4.72 Å². The summed E-state index contributed by atoms with van der Waals surface area (Å²) in [7, 11) is -4.04. The van der Waals surface area contributed by atoms with Crippen LogP contribution in [0.1, 0.15) is 0 Å². The Morgan fingerprint density at radius 1 is 0.781 bits per heavy atom. The molecule has 5 rings (SSSR count). The molecular formula is C20H12Cl2N6O2S2. The Labute approximate surface area is 196 Å². The van der Waals surface area contributed by atoms with Gasteiger partial charge >= 0.3 is 0 Å². The van der Waals surface area contributed by atoms with Gasteiger partial charge in [-0.15, -0.1) is 0 Å². The number of hydrogen-bond donors (Lipinski definition) is 2. The second-order valence-electron chi connectivity index (χ2n) is 6.66. The highest BCUT2D eigenvalue weighted by molar-refractivity contribution is 7.93. The third kappa shape index (κ3) is 3.93. The first kappa shape index (κ1) is 20.8. The van der Waals surface area contributed by atoms with Gasteiger partial charge in [-0.05, 0) is 42.5 Å². The second-order valence-corrected chi connectivity index (χ2v) is 9.65. The molecule has 3 aromatic carbocycles. The number of fused-ring (bicyclic) bond motifs is 2. The lowest BCUT2D eigenvalue weighted by atomic mass is 10.3. The molecule has 0 saturated heterocycles. The van der Waals surface area contributed by atoms with Crippen LogP contribution in [0.2, 0.25) is 10.0 Å². The Bertz CT molecular complexity index is 1590. The number of hydrogen-bond acceptors (Lipinski definition) is 8. The molecule has 0 spiro atoms. The van der Waals surface area contributed by atoms with Crippen molar-refractivity contribution in [1.29, 1.82) is 0 Å². The summed E-state index contributed by atoms with van der Waals surface area (Å²) in [6.45, 7) is 0. The number of aromatic nitrogens is 4. The molecule has 0 radical (unpaired) electrons. The van der Waals surface area contributed by atoms with Crippen LogP contribution in [0.5, 0.6) is 0 Å². The molecule has 0 aliphatic rings. The fourth-order valence-electron chi connectivity index (χ4n) is 3.05. The zero-order valence-electron chi connectivity index (χ0n) is 16.0. The Balaban J connectivity index is 1.61. The van der Waals surface area contributed by atoms with E-state index in [2.05, 4.69) is 28.8 Å². The molecule has 8 nitrogen and oxygen atoms in total. The maximum Gasteiger partial charge on any atom is 0.265 e. The minimum Gasteiger partial charge on any atom is -0.337 e. The van der Waals surface area contributed by atoms with E-state index in [-0.39, 0.29) is 22.0 Å². The van der Waals surface area contributed by atoms with Gasteiger partial charge in [0.2, 0.25) is 0 Å². The number of sulfonamides is 1. The third-order valence-electron chi connectivity index (χ3n) is 4.52. The van der Waals surface area contributed by atoms with E-state index in [1.54, 1.807) is 48.5 Å². The van der Waals surface area contributed by atoms with Crippen LogP contribution in [0.15, 0.2) is 65.6 Å². The fourth-order valence-corrected chi connectivity index (χ4v) is 5.12. The van der Waals surface area contributed by atoms with E-state index < -0.39 is 10.0 Å². The summed E-state index contributed by atoms with van der Waals surface area (Å²) < 4.78 is 37.2. The van der Waals surface area contributed by atoms with Crippen molar-refractivity contribution in [3.63, 3.8) is 0 Å². The summed E-state index contributed by atoms with van der Waals surface area (Å²) in [6, 6.07) is 16.8. The van der Waals surface area contributed by atoms with Gasteiger partial charge in [0.25, 0.3) is 10.0 Å². The summed E-state index contributed by atoms with van der Waals surface area (Å²) in [5.74, 6) is 0.226. The topological polar surface area (TPSA) is 110 Å². The number of benzene rings is 3. The largest absolute Gasteiger partial charge is 0.337 e. The normalized spacial score (nSPS) is 11.7. The Hall–Kier alpha value is -3.05. The molecule has 2 heterocycles. The van der Waals surface area contributed by atoms with Crippen LogP contribution in [-0.2, 0) is 10.0 Å². The number of anilines is 3. The summed E-state index contributed by atoms with van der Waals surface area (Å²) >= 11 is 13.1. The van der Waals surface area contributed by atoms with Crippen molar-refractivity contribution in [2.24, 2.45) is 0 Å². The van der Waals surface area contributed by atoms with E-state index in [4.69, 9.17) is 23.2 Å². The van der Waals surface area contributed by atoms with Crippen LogP contribution in [0, 0.1) is 0 Å². The number of nitrogens with one attached hydrogen (secondary N) is 2. The van der Waals surface area contributed by atoms with Crippen LogP contribution >= 0.6 is 34.9 Å². The Morgan fingerprint density at radius 3 is 2.25 bits per heavy atom. The molecule has 0 fully saturated rings. The molecule has 0 bridgehead atoms. The molecule has 32 heavy (non-hydrogen) atoms. The van der Waals surface area contributed by atoms with Gasteiger partial charge in [0.05, 0.1) is 32.8 Å². The quantitative estimate of drug-likeness (QED) is 0.327. The highest BCUT2D eigenvalue weighted by Gasteiger charge is 2.23. The molecule has 160 valence electrons. The van der Waals surface area contributed by atoms with Crippen molar-refractivity contribution in [3.8, 4) is 0 Å². The second kappa shape index (κ2) is 8.14. The van der Waals surface area contributed by atoms with Gasteiger partial charge in [0.15, 0.2) is 11.6 Å². The van der Waals surface area contributed by atoms with Gasteiger partial charge in [-0.1, -0.05) is 41.4 Å². The van der Waals surface area contributed by atoms with E-state index in [1.165, 1.54) is 6.07 Å². The fraction of sp³-hybridized carbons (Fsp3) is 0. The zero-order valence-corrected chi connectivity index (χ0v) is 19.1. The lowest BCUT2D eigenvalue weighted by molar-refractivity contribution is 0.602. The lowest BCUT2D eigenvalue weighted by Crippen LogP contribution is -2.16. The summed E-state index contributed by atoms with van der Waals surface area (Å²) in [5.41, 5.74) is 2.46. The predicted molar refractivity (Wildman–Crippen MR) is 128 cm³/mol. The maximum absolute atomic E-state index is 13.2. The van der Waals surface area contributed by atoms with E-state index in [0.717, 1.165) is 11.7 Å². The van der Waals surface area contributed by atoms with Crippen molar-refractivity contribution in [2.75, 3.05) is 10.0 Å². The van der Waals surface area contributed by atoms with Crippen molar-refractivity contribution in [1.82, 2.24) is 18.7 Å². The molecule has 2 aromatic heterocycles. The number of halogens is 2. The average molecular weight is 503 g/mol. The SMILES string of the molecule is O=S(=O)(Nc1nc2ccccc2nc1Nc1ccc(Cl)c(Cl)c1)c1cccc2nsnc12.